The van der Waals surface area contributed by atoms with Gasteiger partial charge in [0.05, 0.1) is 13.2 Å². The van der Waals surface area contributed by atoms with Gasteiger partial charge in [-0.2, -0.15) is 0 Å². The second-order valence-electron chi connectivity index (χ2n) is 6.28. The molecule has 1 fully saturated rings. The van der Waals surface area contributed by atoms with E-state index in [1.165, 1.54) is 12.1 Å². The molecule has 0 heterocycles. The number of hydrogen-bond acceptors (Lipinski definition) is 2. The Morgan fingerprint density at radius 3 is 2.42 bits per heavy atom. The van der Waals surface area contributed by atoms with Crippen molar-refractivity contribution in [2.75, 3.05) is 7.11 Å². The van der Waals surface area contributed by atoms with Crippen molar-refractivity contribution >= 4 is 5.91 Å². The van der Waals surface area contributed by atoms with Gasteiger partial charge in [-0.05, 0) is 60.6 Å². The lowest BCUT2D eigenvalue weighted by Gasteiger charge is -2.19. The van der Waals surface area contributed by atoms with Crippen LogP contribution in [0.1, 0.15) is 36.4 Å². The zero-order valence-corrected chi connectivity index (χ0v) is 13.8. The fourth-order valence-electron chi connectivity index (χ4n) is 2.87. The first-order valence-corrected chi connectivity index (χ1v) is 8.33. The molecule has 2 aromatic rings. The number of carbonyl (C=O) groups excluding carboxylic acids is 1. The topological polar surface area (TPSA) is 38.3 Å². The number of nitrogens with one attached hydrogen (secondary N) is 1. The van der Waals surface area contributed by atoms with Crippen molar-refractivity contribution in [2.24, 2.45) is 5.92 Å². The Balaban J connectivity index is 1.58. The number of amides is 1. The van der Waals surface area contributed by atoms with Crippen LogP contribution in [0.15, 0.2) is 48.5 Å². The lowest BCUT2D eigenvalue weighted by Crippen LogP contribution is -2.30. The number of ether oxygens (including phenoxy) is 1. The molecule has 126 valence electrons. The van der Waals surface area contributed by atoms with Gasteiger partial charge in [-0.25, -0.2) is 4.39 Å². The highest BCUT2D eigenvalue weighted by molar-refractivity contribution is 5.76. The number of carbonyl (C=O) groups is 1. The van der Waals surface area contributed by atoms with E-state index < -0.39 is 0 Å². The van der Waals surface area contributed by atoms with Gasteiger partial charge in [0.15, 0.2) is 0 Å². The van der Waals surface area contributed by atoms with Gasteiger partial charge in [0.2, 0.25) is 5.91 Å². The molecule has 1 amide bonds. The molecule has 1 saturated carbocycles. The van der Waals surface area contributed by atoms with Crippen molar-refractivity contribution in [3.05, 3.63) is 65.5 Å². The van der Waals surface area contributed by atoms with Crippen molar-refractivity contribution < 1.29 is 13.9 Å². The summed E-state index contributed by atoms with van der Waals surface area (Å²) in [6.45, 7) is 0. The minimum atomic E-state index is -0.253. The average molecular weight is 327 g/mol. The van der Waals surface area contributed by atoms with E-state index in [1.807, 2.05) is 24.3 Å². The Morgan fingerprint density at radius 1 is 1.17 bits per heavy atom. The molecule has 2 aromatic carbocycles. The summed E-state index contributed by atoms with van der Waals surface area (Å²) in [6, 6.07) is 14.3. The van der Waals surface area contributed by atoms with Crippen molar-refractivity contribution in [2.45, 2.75) is 31.7 Å². The monoisotopic (exact) mass is 327 g/mol. The minimum Gasteiger partial charge on any atom is -0.497 e. The van der Waals surface area contributed by atoms with E-state index >= 15 is 0 Å². The second kappa shape index (κ2) is 7.47. The molecule has 1 aliphatic rings. The van der Waals surface area contributed by atoms with Crippen LogP contribution in [-0.4, -0.2) is 13.0 Å². The highest BCUT2D eigenvalue weighted by atomic mass is 19.1. The summed E-state index contributed by atoms with van der Waals surface area (Å²) in [6.07, 6.45) is 3.32. The zero-order valence-electron chi connectivity index (χ0n) is 13.8. The molecule has 1 N–H and O–H groups in total. The summed E-state index contributed by atoms with van der Waals surface area (Å²) in [7, 11) is 1.64. The fourth-order valence-corrected chi connectivity index (χ4v) is 2.87. The summed E-state index contributed by atoms with van der Waals surface area (Å²) in [4.78, 5) is 12.3. The molecule has 24 heavy (non-hydrogen) atoms. The maximum absolute atomic E-state index is 12.9. The molecule has 0 radical (unpaired) electrons. The van der Waals surface area contributed by atoms with Crippen LogP contribution in [0.3, 0.4) is 0 Å². The smallest absolute Gasteiger partial charge is 0.220 e. The summed E-state index contributed by atoms with van der Waals surface area (Å²) in [5, 5.41) is 3.16. The van der Waals surface area contributed by atoms with Gasteiger partial charge < -0.3 is 10.1 Å². The lowest BCUT2D eigenvalue weighted by molar-refractivity contribution is -0.122. The number of methoxy groups -OCH3 is 1. The van der Waals surface area contributed by atoms with Gasteiger partial charge in [-0.1, -0.05) is 24.3 Å². The van der Waals surface area contributed by atoms with Gasteiger partial charge in [0.25, 0.3) is 0 Å². The Bertz CT molecular complexity index is 678. The highest BCUT2D eigenvalue weighted by Gasteiger charge is 2.33. The van der Waals surface area contributed by atoms with E-state index in [0.717, 1.165) is 29.7 Å². The van der Waals surface area contributed by atoms with E-state index in [1.54, 1.807) is 19.2 Å². The van der Waals surface area contributed by atoms with Crippen molar-refractivity contribution in [3.8, 4) is 5.75 Å². The third-order valence-corrected chi connectivity index (χ3v) is 4.44. The minimum absolute atomic E-state index is 0.0343. The zero-order chi connectivity index (χ0) is 16.9. The molecule has 3 rings (SSSR count). The predicted octanol–water partition coefficient (Wildman–Crippen LogP) is 4.03. The van der Waals surface area contributed by atoms with Crippen LogP contribution in [0.25, 0.3) is 0 Å². The maximum atomic E-state index is 12.9. The van der Waals surface area contributed by atoms with E-state index in [0.29, 0.717) is 18.8 Å². The molecular formula is C20H22FNO2. The quantitative estimate of drug-likeness (QED) is 0.833. The first-order chi connectivity index (χ1) is 11.7. The van der Waals surface area contributed by atoms with Crippen molar-refractivity contribution in [1.29, 1.82) is 0 Å². The fraction of sp³-hybridized carbons (Fsp3) is 0.350. The Kier molecular flexibility index (Phi) is 5.14. The summed E-state index contributed by atoms with van der Waals surface area (Å²) in [5.41, 5.74) is 2.09. The summed E-state index contributed by atoms with van der Waals surface area (Å²) < 4.78 is 18.1. The van der Waals surface area contributed by atoms with E-state index in [2.05, 4.69) is 5.32 Å². The van der Waals surface area contributed by atoms with Gasteiger partial charge in [-0.3, -0.25) is 4.79 Å². The summed E-state index contributed by atoms with van der Waals surface area (Å²) >= 11 is 0. The van der Waals surface area contributed by atoms with Gasteiger partial charge >= 0.3 is 0 Å². The largest absolute Gasteiger partial charge is 0.497 e. The predicted molar refractivity (Wildman–Crippen MR) is 91.3 cm³/mol. The Labute approximate surface area is 141 Å². The SMILES string of the molecule is COc1ccc(C(NC(=O)CCc2ccc(F)cc2)C2CC2)cc1. The van der Waals surface area contributed by atoms with Crippen LogP contribution in [0, 0.1) is 11.7 Å². The third-order valence-electron chi connectivity index (χ3n) is 4.44. The number of halogens is 1. The van der Waals surface area contributed by atoms with Crippen LogP contribution >= 0.6 is 0 Å². The van der Waals surface area contributed by atoms with Crippen LogP contribution in [0.2, 0.25) is 0 Å². The molecule has 0 aromatic heterocycles. The number of aryl methyl sites for hydroxylation is 1. The third kappa shape index (κ3) is 4.34. The van der Waals surface area contributed by atoms with Gasteiger partial charge in [-0.15, -0.1) is 0 Å². The van der Waals surface area contributed by atoms with Gasteiger partial charge in [0, 0.05) is 6.42 Å². The van der Waals surface area contributed by atoms with Crippen LogP contribution in [0.5, 0.6) is 5.75 Å². The molecular weight excluding hydrogens is 305 g/mol. The van der Waals surface area contributed by atoms with Crippen molar-refractivity contribution in [1.82, 2.24) is 5.32 Å². The number of benzene rings is 2. The molecule has 1 unspecified atom stereocenters. The van der Waals surface area contributed by atoms with Crippen LogP contribution in [0.4, 0.5) is 4.39 Å². The van der Waals surface area contributed by atoms with Crippen LogP contribution in [-0.2, 0) is 11.2 Å². The lowest BCUT2D eigenvalue weighted by atomic mass is 10.0. The molecule has 0 aliphatic heterocycles. The second-order valence-corrected chi connectivity index (χ2v) is 6.28. The summed E-state index contributed by atoms with van der Waals surface area (Å²) in [5.74, 6) is 1.12. The molecule has 0 bridgehead atoms. The highest BCUT2D eigenvalue weighted by Crippen LogP contribution is 2.41. The number of rotatable bonds is 7. The molecule has 4 heteroatoms. The Morgan fingerprint density at radius 2 is 1.83 bits per heavy atom. The van der Waals surface area contributed by atoms with E-state index in [4.69, 9.17) is 4.74 Å². The first-order valence-electron chi connectivity index (χ1n) is 8.33. The van der Waals surface area contributed by atoms with Gasteiger partial charge in [0.1, 0.15) is 11.6 Å². The first kappa shape index (κ1) is 16.5. The van der Waals surface area contributed by atoms with Crippen LogP contribution < -0.4 is 10.1 Å². The Hall–Kier alpha value is -2.36. The maximum Gasteiger partial charge on any atom is 0.220 e. The van der Waals surface area contributed by atoms with E-state index in [-0.39, 0.29) is 17.8 Å². The van der Waals surface area contributed by atoms with E-state index in [9.17, 15) is 9.18 Å². The molecule has 3 nitrogen and oxygen atoms in total. The molecule has 0 saturated heterocycles. The molecule has 1 aliphatic carbocycles. The average Bonchev–Trinajstić information content (AvgIpc) is 3.44. The number of hydrogen-bond donors (Lipinski definition) is 1. The molecule has 0 spiro atoms. The molecule has 1 atom stereocenters. The van der Waals surface area contributed by atoms with Crippen molar-refractivity contribution in [3.63, 3.8) is 0 Å². The normalized spacial score (nSPS) is 14.9. The standard InChI is InChI=1S/C20H22FNO2/c1-24-18-11-7-16(8-12-18)20(15-5-6-15)22-19(23)13-4-14-2-9-17(21)10-3-14/h2-3,7-12,15,20H,4-6,13H2,1H3,(H,22,23).